The number of anilines is 1. The van der Waals surface area contributed by atoms with Gasteiger partial charge in [0, 0.05) is 10.6 Å². The summed E-state index contributed by atoms with van der Waals surface area (Å²) in [6.45, 7) is 0.210. The van der Waals surface area contributed by atoms with Gasteiger partial charge in [-0.3, -0.25) is 4.79 Å². The van der Waals surface area contributed by atoms with Crippen LogP contribution in [0.5, 0.6) is 5.75 Å². The van der Waals surface area contributed by atoms with E-state index in [0.29, 0.717) is 20.8 Å². The second kappa shape index (κ2) is 10.5. The molecule has 0 aliphatic heterocycles. The molecule has 156 valence electrons. The fourth-order valence-corrected chi connectivity index (χ4v) is 3.81. The molecule has 0 aromatic heterocycles. The Hall–Kier alpha value is -2.85. The molecule has 31 heavy (non-hydrogen) atoms. The van der Waals surface area contributed by atoms with Gasteiger partial charge in [-0.15, -0.1) is 0 Å². The summed E-state index contributed by atoms with van der Waals surface area (Å²) in [7, 11) is 0. The van der Waals surface area contributed by atoms with E-state index >= 15 is 0 Å². The highest BCUT2D eigenvalue weighted by molar-refractivity contribution is 9.10. The van der Waals surface area contributed by atoms with Crippen molar-refractivity contribution in [3.8, 4) is 11.8 Å². The molecular weight excluding hydrogens is 506 g/mol. The molecule has 0 unspecified atom stereocenters. The number of rotatable bonds is 6. The second-order valence-corrected chi connectivity index (χ2v) is 7.97. The molecule has 3 aromatic rings. The predicted molar refractivity (Wildman–Crippen MR) is 124 cm³/mol. The van der Waals surface area contributed by atoms with Crippen molar-refractivity contribution < 1.29 is 13.9 Å². The summed E-state index contributed by atoms with van der Waals surface area (Å²) in [6.07, 6.45) is 1.35. The molecule has 0 radical (unpaired) electrons. The Morgan fingerprint density at radius 3 is 2.52 bits per heavy atom. The highest BCUT2D eigenvalue weighted by atomic mass is 79.9. The minimum absolute atomic E-state index is 0.0174. The van der Waals surface area contributed by atoms with Crippen molar-refractivity contribution in [2.45, 2.75) is 6.61 Å². The first-order chi connectivity index (χ1) is 14.9. The van der Waals surface area contributed by atoms with E-state index in [1.54, 1.807) is 24.3 Å². The summed E-state index contributed by atoms with van der Waals surface area (Å²) in [5.74, 6) is -0.939. The Morgan fingerprint density at radius 2 is 1.84 bits per heavy atom. The van der Waals surface area contributed by atoms with Gasteiger partial charge in [-0.2, -0.15) is 5.26 Å². The minimum Gasteiger partial charge on any atom is -0.486 e. The van der Waals surface area contributed by atoms with E-state index in [0.717, 1.165) is 5.56 Å². The lowest BCUT2D eigenvalue weighted by atomic mass is 10.1. The van der Waals surface area contributed by atoms with Crippen molar-refractivity contribution in [3.63, 3.8) is 0 Å². The van der Waals surface area contributed by atoms with Crippen molar-refractivity contribution in [1.29, 1.82) is 5.26 Å². The fourth-order valence-electron chi connectivity index (χ4n) is 2.63. The van der Waals surface area contributed by atoms with Crippen LogP contribution < -0.4 is 10.1 Å². The van der Waals surface area contributed by atoms with Crippen LogP contribution >= 0.6 is 39.1 Å². The van der Waals surface area contributed by atoms with Gasteiger partial charge in [-0.25, -0.2) is 4.39 Å². The molecule has 3 rings (SSSR count). The summed E-state index contributed by atoms with van der Waals surface area (Å²) in [5, 5.41) is 12.6. The van der Waals surface area contributed by atoms with Crippen molar-refractivity contribution in [3.05, 3.63) is 97.7 Å². The largest absolute Gasteiger partial charge is 0.486 e. The van der Waals surface area contributed by atoms with E-state index in [-0.39, 0.29) is 22.9 Å². The molecule has 4 nitrogen and oxygen atoms in total. The minimum atomic E-state index is -0.737. The lowest BCUT2D eigenvalue weighted by Crippen LogP contribution is -2.14. The van der Waals surface area contributed by atoms with Crippen LogP contribution in [0.15, 0.2) is 70.7 Å². The Bertz CT molecular complexity index is 1190. The number of nitrogens with one attached hydrogen (secondary N) is 1. The first-order valence-electron chi connectivity index (χ1n) is 8.92. The van der Waals surface area contributed by atoms with Gasteiger partial charge in [0.25, 0.3) is 5.91 Å². The molecule has 1 N–H and O–H groups in total. The van der Waals surface area contributed by atoms with E-state index in [2.05, 4.69) is 21.2 Å². The summed E-state index contributed by atoms with van der Waals surface area (Å²) in [5.41, 5.74) is 1.06. The Morgan fingerprint density at radius 1 is 1.13 bits per heavy atom. The monoisotopic (exact) mass is 518 g/mol. The van der Waals surface area contributed by atoms with Crippen LogP contribution in [0, 0.1) is 17.1 Å². The molecular formula is C23H14BrCl2FN2O2. The molecule has 3 aromatic carbocycles. The zero-order valence-electron chi connectivity index (χ0n) is 15.8. The smallest absolute Gasteiger partial charge is 0.266 e. The third-order valence-electron chi connectivity index (χ3n) is 4.15. The Balaban J connectivity index is 1.80. The summed E-state index contributed by atoms with van der Waals surface area (Å²) >= 11 is 15.9. The van der Waals surface area contributed by atoms with E-state index in [9.17, 15) is 14.4 Å². The van der Waals surface area contributed by atoms with Gasteiger partial charge in [-0.1, -0.05) is 53.5 Å². The highest BCUT2D eigenvalue weighted by Crippen LogP contribution is 2.36. The lowest BCUT2D eigenvalue weighted by Gasteiger charge is -2.12. The molecule has 8 heteroatoms. The lowest BCUT2D eigenvalue weighted by molar-refractivity contribution is -0.112. The average molecular weight is 520 g/mol. The van der Waals surface area contributed by atoms with Gasteiger partial charge in [0.15, 0.2) is 5.75 Å². The first kappa shape index (κ1) is 22.8. The number of amides is 1. The SMILES string of the molecule is N#C/C(=C/c1cc(Cl)c(OCc2ccccc2Cl)c(Br)c1)C(=O)Nc1ccccc1F. The molecule has 0 spiro atoms. The van der Waals surface area contributed by atoms with Gasteiger partial charge in [0.1, 0.15) is 24.1 Å². The number of nitriles is 1. The zero-order chi connectivity index (χ0) is 22.4. The molecule has 0 aliphatic rings. The van der Waals surface area contributed by atoms with Crippen LogP contribution in [-0.4, -0.2) is 5.91 Å². The van der Waals surface area contributed by atoms with Crippen molar-refractivity contribution >= 4 is 56.8 Å². The molecule has 0 bridgehead atoms. The topological polar surface area (TPSA) is 62.1 Å². The number of carbonyl (C=O) groups is 1. The van der Waals surface area contributed by atoms with Crippen LogP contribution in [0.1, 0.15) is 11.1 Å². The first-order valence-corrected chi connectivity index (χ1v) is 10.5. The highest BCUT2D eigenvalue weighted by Gasteiger charge is 2.14. The molecule has 0 heterocycles. The maximum atomic E-state index is 13.8. The van der Waals surface area contributed by atoms with Crippen molar-refractivity contribution in [1.82, 2.24) is 0 Å². The summed E-state index contributed by atoms with van der Waals surface area (Å²) < 4.78 is 20.1. The molecule has 0 fully saturated rings. The Labute approximate surface area is 197 Å². The standard InChI is InChI=1S/C23H14BrCl2FN2O2/c24-17-10-14(9-16(12-28)23(30)29-21-8-4-3-7-20(21)27)11-19(26)22(17)31-13-15-5-1-2-6-18(15)25/h1-11H,13H2,(H,29,30)/b16-9-. The number of hydrogen-bond donors (Lipinski definition) is 1. The summed E-state index contributed by atoms with van der Waals surface area (Å²) in [4.78, 5) is 12.4. The van der Waals surface area contributed by atoms with Crippen molar-refractivity contribution in [2.75, 3.05) is 5.32 Å². The van der Waals surface area contributed by atoms with Crippen molar-refractivity contribution in [2.24, 2.45) is 0 Å². The number of hydrogen-bond acceptors (Lipinski definition) is 3. The number of halogens is 4. The predicted octanol–water partition coefficient (Wildman–Crippen LogP) is 7.02. The quantitative estimate of drug-likeness (QED) is 0.281. The van der Waals surface area contributed by atoms with Gasteiger partial charge in [0.05, 0.1) is 15.2 Å². The van der Waals surface area contributed by atoms with Gasteiger partial charge in [-0.05, 0) is 57.9 Å². The van der Waals surface area contributed by atoms with Gasteiger partial charge in [0.2, 0.25) is 0 Å². The fraction of sp³-hybridized carbons (Fsp3) is 0.0435. The van der Waals surface area contributed by atoms with Crippen LogP contribution in [-0.2, 0) is 11.4 Å². The number of para-hydroxylation sites is 1. The zero-order valence-corrected chi connectivity index (χ0v) is 18.9. The number of carbonyl (C=O) groups excluding carboxylic acids is 1. The average Bonchev–Trinajstić information content (AvgIpc) is 2.74. The van der Waals surface area contributed by atoms with E-state index in [1.807, 2.05) is 24.3 Å². The third-order valence-corrected chi connectivity index (χ3v) is 5.39. The van der Waals surface area contributed by atoms with E-state index in [1.165, 1.54) is 24.3 Å². The molecule has 0 saturated heterocycles. The van der Waals surface area contributed by atoms with Crippen LogP contribution in [0.4, 0.5) is 10.1 Å². The van der Waals surface area contributed by atoms with Gasteiger partial charge < -0.3 is 10.1 Å². The molecule has 1 amide bonds. The summed E-state index contributed by atoms with van der Waals surface area (Å²) in [6, 6.07) is 18.0. The number of benzene rings is 3. The second-order valence-electron chi connectivity index (χ2n) is 6.30. The normalized spacial score (nSPS) is 11.0. The van der Waals surface area contributed by atoms with Gasteiger partial charge >= 0.3 is 0 Å². The molecule has 0 aliphatic carbocycles. The maximum Gasteiger partial charge on any atom is 0.266 e. The molecule has 0 atom stereocenters. The Kier molecular flexibility index (Phi) is 7.69. The van der Waals surface area contributed by atoms with Crippen LogP contribution in [0.25, 0.3) is 6.08 Å². The van der Waals surface area contributed by atoms with Crippen LogP contribution in [0.2, 0.25) is 10.0 Å². The number of ether oxygens (including phenoxy) is 1. The maximum absolute atomic E-state index is 13.8. The van der Waals surface area contributed by atoms with E-state index < -0.39 is 11.7 Å². The van der Waals surface area contributed by atoms with Crippen LogP contribution in [0.3, 0.4) is 0 Å². The third kappa shape index (κ3) is 5.86. The number of nitrogens with zero attached hydrogens (tertiary/aromatic N) is 1. The molecule has 0 saturated carbocycles. The van der Waals surface area contributed by atoms with E-state index in [4.69, 9.17) is 27.9 Å².